The third-order valence-corrected chi connectivity index (χ3v) is 6.75. The number of ether oxygens (including phenoxy) is 1. The molecule has 6 rings (SSSR count). The number of benzene rings is 4. The molecule has 6 heteroatoms. The Morgan fingerprint density at radius 3 is 2.37 bits per heavy atom. The Labute approximate surface area is 218 Å². The third kappa shape index (κ3) is 4.06. The van der Waals surface area contributed by atoms with Gasteiger partial charge in [-0.1, -0.05) is 54.6 Å². The molecule has 0 aliphatic carbocycles. The Balaban J connectivity index is 1.48. The summed E-state index contributed by atoms with van der Waals surface area (Å²) in [5, 5.41) is 0.411. The van der Waals surface area contributed by atoms with Gasteiger partial charge in [-0.05, 0) is 66.6 Å². The van der Waals surface area contributed by atoms with Crippen molar-refractivity contribution in [1.29, 1.82) is 0 Å². The van der Waals surface area contributed by atoms with Crippen LogP contribution >= 0.6 is 0 Å². The fraction of sp³-hybridized carbons (Fsp3) is 0.0938. The predicted molar refractivity (Wildman–Crippen MR) is 145 cm³/mol. The molecule has 0 saturated heterocycles. The quantitative estimate of drug-likeness (QED) is 0.254. The highest BCUT2D eigenvalue weighted by molar-refractivity contribution is 6.11. The molecule has 5 aromatic rings. The SMILES string of the molecule is CC(=O)c1ccc(N2C(=O)c3oc4ccccc4c(=O)c3C2c2cccc(OCc3ccccc3)c2)cc1. The number of nitrogens with zero attached hydrogens (tertiary/aromatic N) is 1. The maximum atomic E-state index is 13.8. The highest BCUT2D eigenvalue weighted by Gasteiger charge is 2.43. The van der Waals surface area contributed by atoms with E-state index in [9.17, 15) is 14.4 Å². The summed E-state index contributed by atoms with van der Waals surface area (Å²) >= 11 is 0. The topological polar surface area (TPSA) is 76.8 Å². The van der Waals surface area contributed by atoms with Crippen LogP contribution in [0.4, 0.5) is 5.69 Å². The van der Waals surface area contributed by atoms with Crippen molar-refractivity contribution in [2.75, 3.05) is 4.90 Å². The number of anilines is 1. The number of carbonyl (C=O) groups excluding carboxylic acids is 2. The van der Waals surface area contributed by atoms with Crippen molar-refractivity contribution in [1.82, 2.24) is 0 Å². The summed E-state index contributed by atoms with van der Waals surface area (Å²) in [6.07, 6.45) is 0. The van der Waals surface area contributed by atoms with Crippen molar-refractivity contribution in [3.8, 4) is 5.75 Å². The lowest BCUT2D eigenvalue weighted by Crippen LogP contribution is -2.29. The van der Waals surface area contributed by atoms with Gasteiger partial charge in [-0.2, -0.15) is 0 Å². The van der Waals surface area contributed by atoms with Crippen LogP contribution in [0.2, 0.25) is 0 Å². The van der Waals surface area contributed by atoms with Gasteiger partial charge in [0.2, 0.25) is 5.76 Å². The van der Waals surface area contributed by atoms with Crippen LogP contribution in [-0.4, -0.2) is 11.7 Å². The molecule has 1 unspecified atom stereocenters. The van der Waals surface area contributed by atoms with E-state index in [1.165, 1.54) is 6.92 Å². The number of hydrogen-bond acceptors (Lipinski definition) is 5. The van der Waals surface area contributed by atoms with Crippen LogP contribution in [0.1, 0.15) is 50.6 Å². The van der Waals surface area contributed by atoms with Crippen molar-refractivity contribution in [2.24, 2.45) is 0 Å². The zero-order valence-electron chi connectivity index (χ0n) is 20.6. The van der Waals surface area contributed by atoms with Crippen LogP contribution in [0, 0.1) is 0 Å². The van der Waals surface area contributed by atoms with E-state index < -0.39 is 11.9 Å². The van der Waals surface area contributed by atoms with Gasteiger partial charge < -0.3 is 9.15 Å². The number of fused-ring (bicyclic) bond motifs is 2. The molecule has 0 spiro atoms. The van der Waals surface area contributed by atoms with Crippen LogP contribution in [-0.2, 0) is 6.61 Å². The second-order valence-corrected chi connectivity index (χ2v) is 9.20. The van der Waals surface area contributed by atoms with Gasteiger partial charge in [0, 0.05) is 11.3 Å². The number of hydrogen-bond donors (Lipinski definition) is 0. The lowest BCUT2D eigenvalue weighted by atomic mass is 9.98. The summed E-state index contributed by atoms with van der Waals surface area (Å²) in [5.41, 5.74) is 3.21. The molecule has 1 aliphatic heterocycles. The molecule has 38 heavy (non-hydrogen) atoms. The van der Waals surface area contributed by atoms with Gasteiger partial charge in [-0.25, -0.2) is 0 Å². The molecule has 0 bridgehead atoms. The average molecular weight is 502 g/mol. The van der Waals surface area contributed by atoms with E-state index in [0.717, 1.165) is 5.56 Å². The van der Waals surface area contributed by atoms with E-state index in [1.807, 2.05) is 54.6 Å². The molecule has 0 radical (unpaired) electrons. The van der Waals surface area contributed by atoms with Crippen LogP contribution in [0.5, 0.6) is 5.75 Å². The predicted octanol–water partition coefficient (Wildman–Crippen LogP) is 6.32. The molecular formula is C32H23NO5. The molecular weight excluding hydrogens is 478 g/mol. The van der Waals surface area contributed by atoms with Crippen LogP contribution in [0.15, 0.2) is 112 Å². The molecule has 2 heterocycles. The van der Waals surface area contributed by atoms with Crippen LogP contribution in [0.25, 0.3) is 11.0 Å². The van der Waals surface area contributed by atoms with Crippen molar-refractivity contribution >= 4 is 28.3 Å². The minimum atomic E-state index is -0.734. The van der Waals surface area contributed by atoms with E-state index in [-0.39, 0.29) is 22.5 Å². The Morgan fingerprint density at radius 1 is 0.868 bits per heavy atom. The third-order valence-electron chi connectivity index (χ3n) is 6.75. The molecule has 4 aromatic carbocycles. The molecule has 1 atom stereocenters. The van der Waals surface area contributed by atoms with Gasteiger partial charge in [0.05, 0.1) is 17.0 Å². The number of ketones is 1. The number of carbonyl (C=O) groups is 2. The average Bonchev–Trinajstić information content (AvgIpc) is 3.25. The largest absolute Gasteiger partial charge is 0.489 e. The van der Waals surface area contributed by atoms with E-state index in [1.54, 1.807) is 53.4 Å². The van der Waals surface area contributed by atoms with Gasteiger partial charge >= 0.3 is 0 Å². The van der Waals surface area contributed by atoms with E-state index in [4.69, 9.17) is 9.15 Å². The molecule has 1 aliphatic rings. The number of rotatable bonds is 6. The summed E-state index contributed by atoms with van der Waals surface area (Å²) in [6.45, 7) is 1.87. The van der Waals surface area contributed by atoms with Crippen molar-refractivity contribution in [3.63, 3.8) is 0 Å². The first-order chi connectivity index (χ1) is 18.5. The van der Waals surface area contributed by atoms with Crippen molar-refractivity contribution < 1.29 is 18.7 Å². The highest BCUT2D eigenvalue weighted by Crippen LogP contribution is 2.42. The first kappa shape index (κ1) is 23.4. The molecule has 0 fully saturated rings. The second-order valence-electron chi connectivity index (χ2n) is 9.20. The first-order valence-electron chi connectivity index (χ1n) is 12.3. The minimum Gasteiger partial charge on any atom is -0.489 e. The van der Waals surface area contributed by atoms with Gasteiger partial charge in [0.25, 0.3) is 5.91 Å². The van der Waals surface area contributed by atoms with Gasteiger partial charge in [0.15, 0.2) is 11.2 Å². The minimum absolute atomic E-state index is 0.0185. The fourth-order valence-electron chi connectivity index (χ4n) is 4.87. The van der Waals surface area contributed by atoms with Crippen LogP contribution < -0.4 is 15.1 Å². The smallest absolute Gasteiger partial charge is 0.295 e. The van der Waals surface area contributed by atoms with E-state index >= 15 is 0 Å². The Kier molecular flexibility index (Phi) is 5.85. The summed E-state index contributed by atoms with van der Waals surface area (Å²) in [6, 6.07) is 30.2. The van der Waals surface area contributed by atoms with Gasteiger partial charge in [0.1, 0.15) is 17.9 Å². The second kappa shape index (κ2) is 9.48. The summed E-state index contributed by atoms with van der Waals surface area (Å²) in [4.78, 5) is 40.9. The summed E-state index contributed by atoms with van der Waals surface area (Å²) < 4.78 is 12.1. The fourth-order valence-corrected chi connectivity index (χ4v) is 4.87. The molecule has 186 valence electrons. The zero-order valence-corrected chi connectivity index (χ0v) is 20.6. The Bertz CT molecular complexity index is 1740. The standard InChI is InChI=1S/C32H23NO5/c1-20(34)22-14-16-24(17-15-22)33-29(23-10-7-11-25(18-23)37-19-21-8-3-2-4-9-21)28-30(35)26-12-5-6-13-27(26)38-31(28)32(33)36/h2-18,29H,19H2,1H3. The zero-order chi connectivity index (χ0) is 26.2. The highest BCUT2D eigenvalue weighted by atomic mass is 16.5. The number of Topliss-reactive ketones (excluding diaryl/α,β-unsaturated/α-hetero) is 1. The monoisotopic (exact) mass is 501 g/mol. The molecule has 1 aromatic heterocycles. The maximum absolute atomic E-state index is 13.8. The van der Waals surface area contributed by atoms with Crippen molar-refractivity contribution in [2.45, 2.75) is 19.6 Å². The van der Waals surface area contributed by atoms with Crippen molar-refractivity contribution in [3.05, 3.63) is 141 Å². The van der Waals surface area contributed by atoms with Gasteiger partial charge in [-0.15, -0.1) is 0 Å². The lowest BCUT2D eigenvalue weighted by molar-refractivity contribution is 0.0970. The Hall–Kier alpha value is -4.97. The van der Waals surface area contributed by atoms with E-state index in [0.29, 0.717) is 40.1 Å². The molecule has 6 nitrogen and oxygen atoms in total. The summed E-state index contributed by atoms with van der Waals surface area (Å²) in [5.74, 6) is 0.142. The van der Waals surface area contributed by atoms with E-state index in [2.05, 4.69) is 0 Å². The Morgan fingerprint density at radius 2 is 1.61 bits per heavy atom. The summed E-state index contributed by atoms with van der Waals surface area (Å²) in [7, 11) is 0. The number of para-hydroxylation sites is 1. The molecule has 0 saturated carbocycles. The first-order valence-corrected chi connectivity index (χ1v) is 12.3. The molecule has 1 amide bonds. The van der Waals surface area contributed by atoms with Gasteiger partial charge in [-0.3, -0.25) is 19.3 Å². The normalized spacial score (nSPS) is 14.5. The van der Waals surface area contributed by atoms with Crippen LogP contribution in [0.3, 0.4) is 0 Å². The lowest BCUT2D eigenvalue weighted by Gasteiger charge is -2.25. The maximum Gasteiger partial charge on any atom is 0.295 e. The molecule has 0 N–H and O–H groups in total. The number of amides is 1.